The molecule has 0 atom stereocenters. The van der Waals surface area contributed by atoms with Crippen molar-refractivity contribution in [3.05, 3.63) is 59.7 Å². The minimum absolute atomic E-state index is 0.0412. The molecule has 0 fully saturated rings. The predicted molar refractivity (Wildman–Crippen MR) is 77.1 cm³/mol. The van der Waals surface area contributed by atoms with Gasteiger partial charge in [0, 0.05) is 11.1 Å². The first-order chi connectivity index (χ1) is 11.3. The van der Waals surface area contributed by atoms with E-state index in [0.717, 1.165) is 12.1 Å². The van der Waals surface area contributed by atoms with Crippen LogP contribution in [0.1, 0.15) is 15.9 Å². The Bertz CT molecular complexity index is 886. The number of carbonyl (C=O) groups is 1. The van der Waals surface area contributed by atoms with E-state index in [1.807, 2.05) is 0 Å². The van der Waals surface area contributed by atoms with Crippen LogP contribution in [-0.4, -0.2) is 21.3 Å². The summed E-state index contributed by atoms with van der Waals surface area (Å²) in [4.78, 5) is 11.0. The summed E-state index contributed by atoms with van der Waals surface area (Å²) >= 11 is 0. The van der Waals surface area contributed by atoms with Crippen molar-refractivity contribution in [2.45, 2.75) is 6.18 Å². The summed E-state index contributed by atoms with van der Waals surface area (Å²) in [5.41, 5.74) is 0.0126. The zero-order valence-corrected chi connectivity index (χ0v) is 11.9. The van der Waals surface area contributed by atoms with Gasteiger partial charge in [-0.05, 0) is 42.5 Å². The van der Waals surface area contributed by atoms with Crippen LogP contribution in [0.2, 0.25) is 0 Å². The van der Waals surface area contributed by atoms with Gasteiger partial charge in [-0.15, -0.1) is 10.2 Å². The summed E-state index contributed by atoms with van der Waals surface area (Å²) in [6.45, 7) is 0. The highest BCUT2D eigenvalue weighted by molar-refractivity contribution is 5.88. The van der Waals surface area contributed by atoms with Gasteiger partial charge in [-0.2, -0.15) is 13.2 Å². The topological polar surface area (TPSA) is 76.2 Å². The molecule has 0 saturated heterocycles. The van der Waals surface area contributed by atoms with Gasteiger partial charge in [0.2, 0.25) is 11.8 Å². The van der Waals surface area contributed by atoms with Crippen molar-refractivity contribution in [1.82, 2.24) is 10.2 Å². The van der Waals surface area contributed by atoms with E-state index in [4.69, 9.17) is 9.52 Å². The molecule has 24 heavy (non-hydrogen) atoms. The lowest BCUT2D eigenvalue weighted by molar-refractivity contribution is -0.137. The number of halogens is 3. The minimum atomic E-state index is -4.42. The van der Waals surface area contributed by atoms with Crippen LogP contribution in [0.5, 0.6) is 0 Å². The molecule has 0 aliphatic heterocycles. The highest BCUT2D eigenvalue weighted by Gasteiger charge is 2.30. The number of alkyl halides is 3. The van der Waals surface area contributed by atoms with Gasteiger partial charge in [-0.3, -0.25) is 0 Å². The van der Waals surface area contributed by atoms with Crippen LogP contribution in [0.15, 0.2) is 52.9 Å². The molecular formula is C16H9F3N2O3. The summed E-state index contributed by atoms with van der Waals surface area (Å²) in [7, 11) is 0. The molecule has 0 aliphatic rings. The van der Waals surface area contributed by atoms with Crippen molar-refractivity contribution >= 4 is 5.97 Å². The zero-order valence-electron chi connectivity index (χ0n) is 11.9. The minimum Gasteiger partial charge on any atom is -0.478 e. The number of aromatic carboxylic acids is 1. The third-order valence-corrected chi connectivity index (χ3v) is 3.24. The van der Waals surface area contributed by atoms with Crippen molar-refractivity contribution in [2.24, 2.45) is 0 Å². The lowest BCUT2D eigenvalue weighted by atomic mass is 10.1. The smallest absolute Gasteiger partial charge is 0.416 e. The van der Waals surface area contributed by atoms with Crippen LogP contribution in [0.3, 0.4) is 0 Å². The third kappa shape index (κ3) is 3.12. The molecular weight excluding hydrogens is 325 g/mol. The molecule has 0 saturated carbocycles. The molecule has 5 nitrogen and oxygen atoms in total. The van der Waals surface area contributed by atoms with E-state index in [9.17, 15) is 18.0 Å². The summed E-state index contributed by atoms with van der Waals surface area (Å²) in [5, 5.41) is 16.6. The Morgan fingerprint density at radius 3 is 2.17 bits per heavy atom. The van der Waals surface area contributed by atoms with Gasteiger partial charge >= 0.3 is 12.1 Å². The van der Waals surface area contributed by atoms with Crippen molar-refractivity contribution in [2.75, 3.05) is 0 Å². The van der Waals surface area contributed by atoms with E-state index in [0.29, 0.717) is 11.1 Å². The molecule has 3 rings (SSSR count). The molecule has 122 valence electrons. The lowest BCUT2D eigenvalue weighted by Crippen LogP contribution is -2.03. The number of nitrogens with zero attached hydrogens (tertiary/aromatic N) is 2. The zero-order chi connectivity index (χ0) is 17.3. The van der Waals surface area contributed by atoms with Gasteiger partial charge in [0.05, 0.1) is 11.1 Å². The molecule has 0 radical (unpaired) electrons. The fourth-order valence-corrected chi connectivity index (χ4v) is 2.04. The quantitative estimate of drug-likeness (QED) is 0.780. The number of carboxylic acid groups (broad SMARTS) is 1. The predicted octanol–water partition coefficient (Wildman–Crippen LogP) is 4.12. The monoisotopic (exact) mass is 334 g/mol. The number of rotatable bonds is 3. The van der Waals surface area contributed by atoms with Crippen molar-refractivity contribution in [3.8, 4) is 22.9 Å². The van der Waals surface area contributed by atoms with Gasteiger partial charge in [0.1, 0.15) is 0 Å². The summed E-state index contributed by atoms with van der Waals surface area (Å²) < 4.78 is 43.1. The van der Waals surface area contributed by atoms with Gasteiger partial charge in [0.15, 0.2) is 0 Å². The van der Waals surface area contributed by atoms with E-state index >= 15 is 0 Å². The summed E-state index contributed by atoms with van der Waals surface area (Å²) in [6.07, 6.45) is -4.42. The second-order valence-corrected chi connectivity index (χ2v) is 4.87. The van der Waals surface area contributed by atoms with Gasteiger partial charge in [-0.25, -0.2) is 4.79 Å². The normalized spacial score (nSPS) is 11.5. The van der Waals surface area contributed by atoms with Crippen LogP contribution in [0, 0.1) is 0 Å². The fourth-order valence-electron chi connectivity index (χ4n) is 2.04. The number of carboxylic acids is 1. The van der Waals surface area contributed by atoms with Crippen LogP contribution in [0.4, 0.5) is 13.2 Å². The second-order valence-electron chi connectivity index (χ2n) is 4.87. The molecule has 0 bridgehead atoms. The maximum atomic E-state index is 12.6. The maximum absolute atomic E-state index is 12.6. The Kier molecular flexibility index (Phi) is 3.80. The summed E-state index contributed by atoms with van der Waals surface area (Å²) in [6, 6.07) is 10.2. The van der Waals surface area contributed by atoms with Crippen molar-refractivity contribution in [3.63, 3.8) is 0 Å². The van der Waals surface area contributed by atoms with Crippen LogP contribution in [-0.2, 0) is 6.18 Å². The molecule has 0 unspecified atom stereocenters. The number of hydrogen-bond acceptors (Lipinski definition) is 4. The molecule has 8 heteroatoms. The number of hydrogen-bond donors (Lipinski definition) is 1. The molecule has 1 aromatic heterocycles. The first-order valence-corrected chi connectivity index (χ1v) is 6.69. The lowest BCUT2D eigenvalue weighted by Gasteiger charge is -2.05. The van der Waals surface area contributed by atoms with Gasteiger partial charge < -0.3 is 9.52 Å². The Morgan fingerprint density at radius 1 is 0.958 bits per heavy atom. The molecule has 0 spiro atoms. The third-order valence-electron chi connectivity index (χ3n) is 3.24. The van der Waals surface area contributed by atoms with E-state index in [1.54, 1.807) is 6.07 Å². The standard InChI is InChI=1S/C16H9F3N2O3/c17-16(18,19)12-6-4-9(5-7-12)13-20-21-14(24-13)10-2-1-3-11(8-10)15(22)23/h1-8H,(H,22,23). The Morgan fingerprint density at radius 2 is 1.58 bits per heavy atom. The first kappa shape index (κ1) is 15.7. The molecule has 0 amide bonds. The largest absolute Gasteiger partial charge is 0.478 e. The number of aromatic nitrogens is 2. The first-order valence-electron chi connectivity index (χ1n) is 6.69. The fraction of sp³-hybridized carbons (Fsp3) is 0.0625. The van der Waals surface area contributed by atoms with Crippen LogP contribution in [0.25, 0.3) is 22.9 Å². The van der Waals surface area contributed by atoms with Gasteiger partial charge in [-0.1, -0.05) is 6.07 Å². The average Bonchev–Trinajstić information content (AvgIpc) is 3.04. The number of benzene rings is 2. The SMILES string of the molecule is O=C(O)c1cccc(-c2nnc(-c3ccc(C(F)(F)F)cc3)o2)c1. The Balaban J connectivity index is 1.91. The summed E-state index contributed by atoms with van der Waals surface area (Å²) in [5.74, 6) is -0.980. The molecule has 1 heterocycles. The Hall–Kier alpha value is -3.16. The molecule has 1 N–H and O–H groups in total. The van der Waals surface area contributed by atoms with E-state index in [1.165, 1.54) is 30.3 Å². The van der Waals surface area contributed by atoms with Crippen molar-refractivity contribution in [1.29, 1.82) is 0 Å². The Labute approximate surface area is 133 Å². The van der Waals surface area contributed by atoms with Gasteiger partial charge in [0.25, 0.3) is 0 Å². The van der Waals surface area contributed by atoms with E-state index in [2.05, 4.69) is 10.2 Å². The highest BCUT2D eigenvalue weighted by atomic mass is 19.4. The second kappa shape index (κ2) is 5.80. The van der Waals surface area contributed by atoms with Crippen molar-refractivity contribution < 1.29 is 27.5 Å². The van der Waals surface area contributed by atoms with Crippen LogP contribution >= 0.6 is 0 Å². The highest BCUT2D eigenvalue weighted by Crippen LogP contribution is 2.31. The molecule has 3 aromatic rings. The maximum Gasteiger partial charge on any atom is 0.416 e. The molecule has 0 aliphatic carbocycles. The molecule has 2 aromatic carbocycles. The van der Waals surface area contributed by atoms with Crippen LogP contribution < -0.4 is 0 Å². The van der Waals surface area contributed by atoms with E-state index in [-0.39, 0.29) is 17.3 Å². The van der Waals surface area contributed by atoms with E-state index < -0.39 is 17.7 Å². The average molecular weight is 334 g/mol.